The van der Waals surface area contributed by atoms with Gasteiger partial charge >= 0.3 is 0 Å². The third kappa shape index (κ3) is 4.77. The van der Waals surface area contributed by atoms with E-state index in [0.717, 1.165) is 26.9 Å². The zero-order valence-electron chi connectivity index (χ0n) is 16.9. The molecule has 3 rings (SSSR count). The average Bonchev–Trinajstić information content (AvgIpc) is 2.91. The minimum absolute atomic E-state index is 0.271. The number of ether oxygens (including phenoxy) is 1. The Bertz CT molecular complexity index is 968. The molecule has 2 amide bonds. The molecule has 0 aliphatic carbocycles. The van der Waals surface area contributed by atoms with Crippen LogP contribution in [0.1, 0.15) is 30.0 Å². The molecular formula is C23H25BrN2O3. The molecule has 0 atom stereocenters. The van der Waals surface area contributed by atoms with Crippen LogP contribution in [0.3, 0.4) is 0 Å². The molecule has 6 heteroatoms. The van der Waals surface area contributed by atoms with Crippen molar-refractivity contribution in [1.82, 2.24) is 4.90 Å². The molecule has 1 heterocycles. The van der Waals surface area contributed by atoms with E-state index >= 15 is 0 Å². The van der Waals surface area contributed by atoms with Crippen LogP contribution in [0.15, 0.2) is 52.6 Å². The van der Waals surface area contributed by atoms with Crippen molar-refractivity contribution in [3.63, 3.8) is 0 Å². The van der Waals surface area contributed by atoms with Gasteiger partial charge in [-0.2, -0.15) is 0 Å². The van der Waals surface area contributed by atoms with Gasteiger partial charge in [0, 0.05) is 29.9 Å². The van der Waals surface area contributed by atoms with Crippen molar-refractivity contribution >= 4 is 39.0 Å². The molecular weight excluding hydrogens is 432 g/mol. The topological polar surface area (TPSA) is 58.6 Å². The van der Waals surface area contributed by atoms with Gasteiger partial charge in [0.25, 0.3) is 11.8 Å². The molecule has 1 N–H and O–H groups in total. The summed E-state index contributed by atoms with van der Waals surface area (Å²) < 4.78 is 6.25. The maximum Gasteiger partial charge on any atom is 0.278 e. The number of amides is 2. The molecule has 0 saturated heterocycles. The van der Waals surface area contributed by atoms with Crippen molar-refractivity contribution in [3.05, 3.63) is 69.3 Å². The summed E-state index contributed by atoms with van der Waals surface area (Å²) in [5.41, 5.74) is 4.43. The highest BCUT2D eigenvalue weighted by Gasteiger charge is 2.38. The smallest absolute Gasteiger partial charge is 0.278 e. The molecule has 5 nitrogen and oxygen atoms in total. The molecule has 1 aliphatic rings. The first-order valence-corrected chi connectivity index (χ1v) is 10.5. The molecule has 0 aromatic heterocycles. The number of hydrogen-bond donors (Lipinski definition) is 1. The first kappa shape index (κ1) is 21.3. The summed E-state index contributed by atoms with van der Waals surface area (Å²) in [6.07, 6.45) is 0.607. The summed E-state index contributed by atoms with van der Waals surface area (Å²) in [6.45, 7) is 7.41. The Balaban J connectivity index is 1.97. The number of nitrogens with zero attached hydrogens (tertiary/aromatic N) is 1. The molecule has 29 heavy (non-hydrogen) atoms. The minimum atomic E-state index is -0.306. The van der Waals surface area contributed by atoms with Gasteiger partial charge in [0.1, 0.15) is 5.70 Å². The second-order valence-electron chi connectivity index (χ2n) is 7.00. The number of carbonyl (C=O) groups excluding carboxylic acids is 2. The lowest BCUT2D eigenvalue weighted by Gasteiger charge is -2.15. The lowest BCUT2D eigenvalue weighted by atomic mass is 9.99. The molecule has 0 unspecified atom stereocenters. The van der Waals surface area contributed by atoms with Crippen molar-refractivity contribution in [2.75, 3.05) is 25.1 Å². The first-order chi connectivity index (χ1) is 13.9. The van der Waals surface area contributed by atoms with Gasteiger partial charge in [-0.1, -0.05) is 40.2 Å². The van der Waals surface area contributed by atoms with Crippen LogP contribution in [0, 0.1) is 13.8 Å². The van der Waals surface area contributed by atoms with E-state index in [1.54, 1.807) is 0 Å². The summed E-state index contributed by atoms with van der Waals surface area (Å²) in [5, 5.41) is 3.18. The molecule has 2 aromatic rings. The van der Waals surface area contributed by atoms with Crippen molar-refractivity contribution in [2.45, 2.75) is 27.2 Å². The van der Waals surface area contributed by atoms with Crippen molar-refractivity contribution in [3.8, 4) is 0 Å². The van der Waals surface area contributed by atoms with Crippen LogP contribution in [-0.2, 0) is 14.3 Å². The van der Waals surface area contributed by atoms with E-state index in [1.165, 1.54) is 4.90 Å². The monoisotopic (exact) mass is 456 g/mol. The summed E-state index contributed by atoms with van der Waals surface area (Å²) in [6, 6.07) is 13.4. The Hall–Kier alpha value is -2.44. The van der Waals surface area contributed by atoms with Gasteiger partial charge in [-0.15, -0.1) is 0 Å². The lowest BCUT2D eigenvalue weighted by molar-refractivity contribution is -0.137. The fourth-order valence-corrected chi connectivity index (χ4v) is 3.64. The number of anilines is 1. The number of aryl methyl sites for hydroxylation is 2. The molecule has 0 bridgehead atoms. The zero-order chi connectivity index (χ0) is 21.0. The standard InChI is InChI=1S/C23H25BrN2O3/c1-4-29-12-6-11-26-22(27)20(17-10-9-15(2)16(3)13-17)21(23(26)28)25-19-8-5-7-18(24)14-19/h5,7-10,13-14,25H,4,6,11-12H2,1-3H3. The molecule has 0 saturated carbocycles. The van der Waals surface area contributed by atoms with Crippen LogP contribution >= 0.6 is 15.9 Å². The van der Waals surface area contributed by atoms with Gasteiger partial charge in [-0.05, 0) is 62.1 Å². The van der Waals surface area contributed by atoms with Crippen LogP contribution in [0.4, 0.5) is 5.69 Å². The van der Waals surface area contributed by atoms with Crippen LogP contribution in [0.25, 0.3) is 5.57 Å². The second kappa shape index (κ2) is 9.37. The van der Waals surface area contributed by atoms with Crippen molar-refractivity contribution in [2.24, 2.45) is 0 Å². The highest BCUT2D eigenvalue weighted by atomic mass is 79.9. The molecule has 152 valence electrons. The molecule has 0 fully saturated rings. The number of nitrogens with one attached hydrogen (secondary N) is 1. The fourth-order valence-electron chi connectivity index (χ4n) is 3.24. The lowest BCUT2D eigenvalue weighted by Crippen LogP contribution is -2.34. The predicted octanol–water partition coefficient (Wildman–Crippen LogP) is 4.68. The van der Waals surface area contributed by atoms with E-state index < -0.39 is 0 Å². The van der Waals surface area contributed by atoms with E-state index in [0.29, 0.717) is 37.4 Å². The number of carbonyl (C=O) groups is 2. The van der Waals surface area contributed by atoms with Crippen molar-refractivity contribution < 1.29 is 14.3 Å². The highest BCUT2D eigenvalue weighted by molar-refractivity contribution is 9.10. The highest BCUT2D eigenvalue weighted by Crippen LogP contribution is 2.32. The van der Waals surface area contributed by atoms with Gasteiger partial charge in [-0.3, -0.25) is 14.5 Å². The quantitative estimate of drug-likeness (QED) is 0.462. The Kier molecular flexibility index (Phi) is 6.87. The number of benzene rings is 2. The summed E-state index contributed by atoms with van der Waals surface area (Å²) in [7, 11) is 0. The molecule has 1 aliphatic heterocycles. The maximum atomic E-state index is 13.2. The minimum Gasteiger partial charge on any atom is -0.382 e. The number of rotatable bonds is 8. The number of halogens is 1. The van der Waals surface area contributed by atoms with Gasteiger partial charge in [0.2, 0.25) is 0 Å². The van der Waals surface area contributed by atoms with Crippen LogP contribution in [0.2, 0.25) is 0 Å². The Labute approximate surface area is 179 Å². The fraction of sp³-hybridized carbons (Fsp3) is 0.304. The number of hydrogen-bond acceptors (Lipinski definition) is 4. The SMILES string of the molecule is CCOCCCN1C(=O)C(Nc2cccc(Br)c2)=C(c2ccc(C)c(C)c2)C1=O. The van der Waals surface area contributed by atoms with E-state index in [4.69, 9.17) is 4.74 Å². The Morgan fingerprint density at radius 1 is 1.03 bits per heavy atom. The van der Waals surface area contributed by atoms with Crippen molar-refractivity contribution in [1.29, 1.82) is 0 Å². The molecule has 0 spiro atoms. The van der Waals surface area contributed by atoms with E-state index in [1.807, 2.05) is 63.2 Å². The first-order valence-electron chi connectivity index (χ1n) is 9.70. The Morgan fingerprint density at radius 3 is 2.52 bits per heavy atom. The zero-order valence-corrected chi connectivity index (χ0v) is 18.5. The molecule has 2 aromatic carbocycles. The maximum absolute atomic E-state index is 13.2. The van der Waals surface area contributed by atoms with Gasteiger partial charge in [0.15, 0.2) is 0 Å². The van der Waals surface area contributed by atoms with E-state index in [-0.39, 0.29) is 11.8 Å². The Morgan fingerprint density at radius 2 is 1.83 bits per heavy atom. The normalized spacial score (nSPS) is 14.1. The summed E-state index contributed by atoms with van der Waals surface area (Å²) in [4.78, 5) is 27.6. The second-order valence-corrected chi connectivity index (χ2v) is 7.91. The third-order valence-electron chi connectivity index (χ3n) is 4.93. The number of imide groups is 1. The van der Waals surface area contributed by atoms with Crippen LogP contribution in [-0.4, -0.2) is 36.5 Å². The van der Waals surface area contributed by atoms with Gasteiger partial charge in [0.05, 0.1) is 5.57 Å². The van der Waals surface area contributed by atoms with E-state index in [2.05, 4.69) is 21.2 Å². The largest absolute Gasteiger partial charge is 0.382 e. The van der Waals surface area contributed by atoms with Crippen LogP contribution in [0.5, 0.6) is 0 Å². The third-order valence-corrected chi connectivity index (χ3v) is 5.43. The van der Waals surface area contributed by atoms with Crippen LogP contribution < -0.4 is 5.32 Å². The average molecular weight is 457 g/mol. The predicted molar refractivity (Wildman–Crippen MR) is 118 cm³/mol. The summed E-state index contributed by atoms with van der Waals surface area (Å²) >= 11 is 3.44. The van der Waals surface area contributed by atoms with Gasteiger partial charge < -0.3 is 10.1 Å². The van der Waals surface area contributed by atoms with Gasteiger partial charge in [-0.25, -0.2) is 0 Å². The molecule has 0 radical (unpaired) electrons. The summed E-state index contributed by atoms with van der Waals surface area (Å²) in [5.74, 6) is -0.577. The van der Waals surface area contributed by atoms with E-state index in [9.17, 15) is 9.59 Å².